The fourth-order valence-corrected chi connectivity index (χ4v) is 2.49. The first-order chi connectivity index (χ1) is 13.2. The zero-order valence-corrected chi connectivity index (χ0v) is 15.6. The van der Waals surface area contributed by atoms with Crippen LogP contribution < -0.4 is 9.47 Å². The Morgan fingerprint density at radius 3 is 2.19 bits per heavy atom. The maximum absolute atomic E-state index is 6.09. The van der Waals surface area contributed by atoms with Crippen molar-refractivity contribution in [1.29, 1.82) is 0 Å². The van der Waals surface area contributed by atoms with Crippen LogP contribution in [0.3, 0.4) is 0 Å². The molecule has 0 saturated heterocycles. The molecule has 0 aliphatic rings. The first-order valence-corrected chi connectivity index (χ1v) is 9.04. The van der Waals surface area contributed by atoms with E-state index in [1.54, 1.807) is 6.26 Å². The molecular formula is C24H23NO2. The molecule has 0 N–H and O–H groups in total. The lowest BCUT2D eigenvalue weighted by Gasteiger charge is -2.12. The van der Waals surface area contributed by atoms with Crippen molar-refractivity contribution < 1.29 is 9.47 Å². The number of nitrogens with zero attached hydrogens (tertiary/aromatic N) is 1. The van der Waals surface area contributed by atoms with E-state index in [0.717, 1.165) is 34.7 Å². The Hall–Kier alpha value is -3.33. The van der Waals surface area contributed by atoms with E-state index in [1.165, 1.54) is 0 Å². The van der Waals surface area contributed by atoms with E-state index < -0.39 is 0 Å². The lowest BCUT2D eigenvalue weighted by molar-refractivity contribution is 0.471. The van der Waals surface area contributed by atoms with Crippen LogP contribution in [0.4, 0.5) is 5.69 Å². The van der Waals surface area contributed by atoms with Crippen molar-refractivity contribution in [2.24, 2.45) is 4.99 Å². The molecule has 0 saturated carbocycles. The fourth-order valence-electron chi connectivity index (χ4n) is 2.49. The molecule has 0 unspecified atom stereocenters. The number of benzene rings is 3. The van der Waals surface area contributed by atoms with Gasteiger partial charge in [-0.2, -0.15) is 0 Å². The topological polar surface area (TPSA) is 30.8 Å². The Kier molecular flexibility index (Phi) is 6.42. The molecule has 3 heteroatoms. The number of ether oxygens (including phenoxy) is 2. The Morgan fingerprint density at radius 2 is 1.52 bits per heavy atom. The molecule has 136 valence electrons. The SMILES string of the molecule is CC/C(=C\Oc1cccc(C)c1)C(=Nc1ccccc1)Oc1ccccc1. The molecule has 0 aromatic heterocycles. The maximum Gasteiger partial charge on any atom is 0.226 e. The fraction of sp³-hybridized carbons (Fsp3) is 0.125. The van der Waals surface area contributed by atoms with E-state index in [0.29, 0.717) is 5.90 Å². The average Bonchev–Trinajstić information content (AvgIpc) is 2.70. The molecule has 0 spiro atoms. The summed E-state index contributed by atoms with van der Waals surface area (Å²) in [6.45, 7) is 4.10. The summed E-state index contributed by atoms with van der Waals surface area (Å²) in [6.07, 6.45) is 2.45. The van der Waals surface area contributed by atoms with Crippen LogP contribution in [0.2, 0.25) is 0 Å². The van der Waals surface area contributed by atoms with Gasteiger partial charge in [-0.25, -0.2) is 4.99 Å². The molecule has 0 bridgehead atoms. The standard InChI is InChI=1S/C24H23NO2/c1-3-20(18-26-23-16-10-11-19(2)17-23)24(25-21-12-6-4-7-13-21)27-22-14-8-5-9-15-22/h4-18H,3H2,1-2H3/b20-18+,25-24?. The molecule has 3 aromatic carbocycles. The van der Waals surface area contributed by atoms with Gasteiger partial charge < -0.3 is 9.47 Å². The molecule has 3 aromatic rings. The molecule has 0 aliphatic heterocycles. The summed E-state index contributed by atoms with van der Waals surface area (Å²) in [6, 6.07) is 27.4. The van der Waals surface area contributed by atoms with Crippen LogP contribution in [0.5, 0.6) is 11.5 Å². The molecule has 27 heavy (non-hydrogen) atoms. The van der Waals surface area contributed by atoms with Gasteiger partial charge in [-0.05, 0) is 55.3 Å². The van der Waals surface area contributed by atoms with Crippen LogP contribution in [-0.2, 0) is 0 Å². The number of aliphatic imine (C=N–C) groups is 1. The van der Waals surface area contributed by atoms with Gasteiger partial charge in [0.1, 0.15) is 11.5 Å². The minimum absolute atomic E-state index is 0.530. The zero-order valence-electron chi connectivity index (χ0n) is 15.6. The highest BCUT2D eigenvalue weighted by Gasteiger charge is 2.10. The monoisotopic (exact) mass is 357 g/mol. The molecule has 0 heterocycles. The quantitative estimate of drug-likeness (QED) is 0.287. The van der Waals surface area contributed by atoms with Crippen LogP contribution in [-0.4, -0.2) is 5.90 Å². The lowest BCUT2D eigenvalue weighted by atomic mass is 10.2. The Balaban J connectivity index is 1.91. The van der Waals surface area contributed by atoms with E-state index in [9.17, 15) is 0 Å². The number of para-hydroxylation sites is 2. The summed E-state index contributed by atoms with van der Waals surface area (Å²) >= 11 is 0. The van der Waals surface area contributed by atoms with E-state index in [4.69, 9.17) is 14.5 Å². The van der Waals surface area contributed by atoms with Crippen molar-refractivity contribution in [3.8, 4) is 11.5 Å². The Morgan fingerprint density at radius 1 is 0.852 bits per heavy atom. The normalized spacial score (nSPS) is 11.9. The minimum atomic E-state index is 0.530. The highest BCUT2D eigenvalue weighted by molar-refractivity contribution is 5.96. The van der Waals surface area contributed by atoms with Gasteiger partial charge in [-0.15, -0.1) is 0 Å². The van der Waals surface area contributed by atoms with Crippen molar-refractivity contribution in [2.75, 3.05) is 0 Å². The molecule has 3 nitrogen and oxygen atoms in total. The smallest absolute Gasteiger partial charge is 0.226 e. The van der Waals surface area contributed by atoms with Crippen molar-refractivity contribution in [3.05, 3.63) is 102 Å². The van der Waals surface area contributed by atoms with Gasteiger partial charge in [-0.3, -0.25) is 0 Å². The van der Waals surface area contributed by atoms with E-state index in [2.05, 4.69) is 6.92 Å². The highest BCUT2D eigenvalue weighted by atomic mass is 16.5. The summed E-state index contributed by atoms with van der Waals surface area (Å²) in [5.74, 6) is 2.06. The molecule has 3 rings (SSSR count). The van der Waals surface area contributed by atoms with Crippen molar-refractivity contribution in [1.82, 2.24) is 0 Å². The Bertz CT molecular complexity index is 915. The van der Waals surface area contributed by atoms with Crippen LogP contribution in [0, 0.1) is 6.92 Å². The van der Waals surface area contributed by atoms with Gasteiger partial charge in [0, 0.05) is 5.57 Å². The third kappa shape index (κ3) is 5.58. The van der Waals surface area contributed by atoms with E-state index in [1.807, 2.05) is 91.9 Å². The third-order valence-corrected chi connectivity index (χ3v) is 3.93. The third-order valence-electron chi connectivity index (χ3n) is 3.93. The first kappa shape index (κ1) is 18.5. The van der Waals surface area contributed by atoms with Crippen LogP contribution >= 0.6 is 0 Å². The Labute approximate surface area is 160 Å². The van der Waals surface area contributed by atoms with Gasteiger partial charge in [-0.1, -0.05) is 55.5 Å². The molecule has 0 aliphatic carbocycles. The minimum Gasteiger partial charge on any atom is -0.465 e. The molecule has 0 fully saturated rings. The number of hydrogen-bond acceptors (Lipinski definition) is 3. The first-order valence-electron chi connectivity index (χ1n) is 9.04. The van der Waals surface area contributed by atoms with Crippen LogP contribution in [0.1, 0.15) is 18.9 Å². The van der Waals surface area contributed by atoms with Gasteiger partial charge in [0.15, 0.2) is 0 Å². The number of rotatable bonds is 6. The summed E-state index contributed by atoms with van der Waals surface area (Å²) in [5.41, 5.74) is 2.86. The average molecular weight is 357 g/mol. The summed E-state index contributed by atoms with van der Waals surface area (Å²) in [4.78, 5) is 4.70. The van der Waals surface area contributed by atoms with Gasteiger partial charge in [0.05, 0.1) is 11.9 Å². The molecule has 0 amide bonds. The maximum atomic E-state index is 6.09. The molecule has 0 atom stereocenters. The van der Waals surface area contributed by atoms with Gasteiger partial charge in [0.25, 0.3) is 0 Å². The van der Waals surface area contributed by atoms with E-state index in [-0.39, 0.29) is 0 Å². The number of hydrogen-bond donors (Lipinski definition) is 0. The second kappa shape index (κ2) is 9.39. The van der Waals surface area contributed by atoms with Crippen LogP contribution in [0.15, 0.2) is 102 Å². The van der Waals surface area contributed by atoms with Gasteiger partial charge in [0.2, 0.25) is 5.90 Å². The van der Waals surface area contributed by atoms with Crippen molar-refractivity contribution in [3.63, 3.8) is 0 Å². The highest BCUT2D eigenvalue weighted by Crippen LogP contribution is 2.20. The van der Waals surface area contributed by atoms with E-state index >= 15 is 0 Å². The summed E-state index contributed by atoms with van der Waals surface area (Å²) in [7, 11) is 0. The van der Waals surface area contributed by atoms with Crippen molar-refractivity contribution >= 4 is 11.6 Å². The second-order valence-corrected chi connectivity index (χ2v) is 6.10. The van der Waals surface area contributed by atoms with Crippen molar-refractivity contribution in [2.45, 2.75) is 20.3 Å². The van der Waals surface area contributed by atoms with Gasteiger partial charge >= 0.3 is 0 Å². The second-order valence-electron chi connectivity index (χ2n) is 6.10. The lowest BCUT2D eigenvalue weighted by Crippen LogP contribution is -2.12. The predicted octanol–water partition coefficient (Wildman–Crippen LogP) is 6.48. The molecular weight excluding hydrogens is 334 g/mol. The summed E-state index contributed by atoms with van der Waals surface area (Å²) in [5, 5.41) is 0. The predicted molar refractivity (Wildman–Crippen MR) is 111 cm³/mol. The molecule has 0 radical (unpaired) electrons. The summed E-state index contributed by atoms with van der Waals surface area (Å²) < 4.78 is 12.0. The van der Waals surface area contributed by atoms with Crippen LogP contribution in [0.25, 0.3) is 0 Å². The largest absolute Gasteiger partial charge is 0.465 e. The number of aryl methyl sites for hydroxylation is 1. The zero-order chi connectivity index (χ0) is 18.9.